The van der Waals surface area contributed by atoms with E-state index in [-0.39, 0.29) is 21.5 Å². The first-order valence-corrected chi connectivity index (χ1v) is 10.3. The van der Waals surface area contributed by atoms with Crippen LogP contribution in [0.4, 0.5) is 11.4 Å². The molecule has 1 N–H and O–H groups in total. The molecule has 1 heterocycles. The van der Waals surface area contributed by atoms with E-state index in [1.165, 1.54) is 36.1 Å². The minimum absolute atomic E-state index is 0.0214. The summed E-state index contributed by atoms with van der Waals surface area (Å²) in [5.74, 6) is 0.245. The number of fused-ring (bicyclic) bond motifs is 1. The number of ether oxygens (including phenoxy) is 1. The molecule has 0 unspecified atom stereocenters. The highest BCUT2D eigenvalue weighted by Gasteiger charge is 2.34. The van der Waals surface area contributed by atoms with Gasteiger partial charge in [-0.05, 0) is 50.2 Å². The van der Waals surface area contributed by atoms with Crippen LogP contribution in [0.2, 0.25) is 10.0 Å². The molecule has 27 heavy (non-hydrogen) atoms. The lowest BCUT2D eigenvalue weighted by Gasteiger charge is -2.39. The Kier molecular flexibility index (Phi) is 5.05. The summed E-state index contributed by atoms with van der Waals surface area (Å²) in [4.78, 5) is 13.5. The summed E-state index contributed by atoms with van der Waals surface area (Å²) in [7, 11) is -3.95. The first kappa shape index (κ1) is 19.8. The van der Waals surface area contributed by atoms with E-state index >= 15 is 0 Å². The van der Waals surface area contributed by atoms with Gasteiger partial charge in [-0.3, -0.25) is 9.52 Å². The maximum Gasteiger partial charge on any atom is 0.262 e. The number of nitrogens with zero attached hydrogens (tertiary/aromatic N) is 1. The number of amides is 1. The van der Waals surface area contributed by atoms with Crippen LogP contribution in [0.5, 0.6) is 5.75 Å². The molecule has 0 radical (unpaired) electrons. The monoisotopic (exact) mass is 428 g/mol. The van der Waals surface area contributed by atoms with Crippen molar-refractivity contribution in [2.45, 2.75) is 31.3 Å². The fraction of sp³-hybridized carbons (Fsp3) is 0.278. The summed E-state index contributed by atoms with van der Waals surface area (Å²) < 4.78 is 33.9. The third-order valence-corrected chi connectivity index (χ3v) is 5.94. The molecule has 0 aromatic heterocycles. The van der Waals surface area contributed by atoms with E-state index in [0.717, 1.165) is 0 Å². The second-order valence-electron chi connectivity index (χ2n) is 6.83. The summed E-state index contributed by atoms with van der Waals surface area (Å²) in [5, 5.41) is 0.567. The van der Waals surface area contributed by atoms with Crippen molar-refractivity contribution in [3.8, 4) is 5.75 Å². The number of halogens is 2. The van der Waals surface area contributed by atoms with Crippen LogP contribution in [-0.4, -0.2) is 26.5 Å². The van der Waals surface area contributed by atoms with Crippen molar-refractivity contribution < 1.29 is 17.9 Å². The maximum absolute atomic E-state index is 12.8. The number of nitrogens with one attached hydrogen (secondary N) is 1. The van der Waals surface area contributed by atoms with E-state index in [1.807, 2.05) is 13.8 Å². The van der Waals surface area contributed by atoms with Crippen molar-refractivity contribution >= 4 is 50.5 Å². The van der Waals surface area contributed by atoms with Crippen LogP contribution in [0.25, 0.3) is 0 Å². The Bertz CT molecular complexity index is 1020. The van der Waals surface area contributed by atoms with Gasteiger partial charge < -0.3 is 9.64 Å². The number of carbonyl (C=O) groups excluding carboxylic acids is 1. The molecular weight excluding hydrogens is 411 g/mol. The maximum atomic E-state index is 12.8. The summed E-state index contributed by atoms with van der Waals surface area (Å²) in [6, 6.07) is 8.85. The van der Waals surface area contributed by atoms with E-state index in [2.05, 4.69) is 4.72 Å². The highest BCUT2D eigenvalue weighted by atomic mass is 35.5. The smallest absolute Gasteiger partial charge is 0.262 e. The molecule has 0 saturated heterocycles. The van der Waals surface area contributed by atoms with E-state index < -0.39 is 15.6 Å². The highest BCUT2D eigenvalue weighted by Crippen LogP contribution is 2.39. The van der Waals surface area contributed by atoms with E-state index in [1.54, 1.807) is 12.1 Å². The van der Waals surface area contributed by atoms with E-state index in [0.29, 0.717) is 23.0 Å². The second-order valence-corrected chi connectivity index (χ2v) is 9.35. The topological polar surface area (TPSA) is 75.7 Å². The first-order valence-electron chi connectivity index (χ1n) is 8.07. The Morgan fingerprint density at radius 2 is 1.89 bits per heavy atom. The van der Waals surface area contributed by atoms with Gasteiger partial charge >= 0.3 is 0 Å². The SMILES string of the molecule is CC(=O)N1CC(C)(C)Oc2ccc(S(=O)(=O)Nc3cc(Cl)ccc3Cl)cc21. The summed E-state index contributed by atoms with van der Waals surface area (Å²) in [6.45, 7) is 5.46. The minimum Gasteiger partial charge on any atom is -0.484 e. The molecule has 1 aliphatic heterocycles. The Hall–Kier alpha value is -1.96. The predicted octanol–water partition coefficient (Wildman–Crippen LogP) is 4.32. The van der Waals surface area contributed by atoms with Crippen LogP contribution in [0, 0.1) is 0 Å². The molecule has 0 atom stereocenters. The molecule has 1 aliphatic rings. The zero-order valence-corrected chi connectivity index (χ0v) is 17.2. The summed E-state index contributed by atoms with van der Waals surface area (Å²) >= 11 is 12.0. The van der Waals surface area contributed by atoms with Crippen LogP contribution in [0.3, 0.4) is 0 Å². The highest BCUT2D eigenvalue weighted by molar-refractivity contribution is 7.92. The molecular formula is C18H18Cl2N2O4S. The molecule has 3 rings (SSSR count). The molecule has 2 aromatic carbocycles. The molecule has 0 bridgehead atoms. The molecule has 2 aromatic rings. The Morgan fingerprint density at radius 3 is 2.56 bits per heavy atom. The summed E-state index contributed by atoms with van der Waals surface area (Å²) in [6.07, 6.45) is 0. The summed E-state index contributed by atoms with van der Waals surface area (Å²) in [5.41, 5.74) is -0.00406. The van der Waals surface area contributed by atoms with Crippen LogP contribution in [-0.2, 0) is 14.8 Å². The number of carbonyl (C=O) groups is 1. The van der Waals surface area contributed by atoms with Crippen LogP contribution in [0.15, 0.2) is 41.3 Å². The minimum atomic E-state index is -3.95. The van der Waals surface area contributed by atoms with Crippen LogP contribution < -0.4 is 14.4 Å². The van der Waals surface area contributed by atoms with Crippen molar-refractivity contribution in [3.63, 3.8) is 0 Å². The third kappa shape index (κ3) is 4.15. The molecule has 0 spiro atoms. The fourth-order valence-corrected chi connectivity index (χ4v) is 4.30. The van der Waals surface area contributed by atoms with Crippen molar-refractivity contribution in [1.29, 1.82) is 0 Å². The standard InChI is InChI=1S/C18H18Cl2N2O4S/c1-11(23)22-10-18(2,3)26-17-7-5-13(9-16(17)22)27(24,25)21-15-8-12(19)4-6-14(15)20/h4-9,21H,10H2,1-3H3. The molecule has 0 fully saturated rings. The quantitative estimate of drug-likeness (QED) is 0.789. The van der Waals surface area contributed by atoms with Gasteiger partial charge in [0.1, 0.15) is 11.4 Å². The fourth-order valence-electron chi connectivity index (χ4n) is 2.82. The Morgan fingerprint density at radius 1 is 1.19 bits per heavy atom. The van der Waals surface area contributed by atoms with Crippen molar-refractivity contribution in [2.24, 2.45) is 0 Å². The Labute approximate surface area is 168 Å². The normalized spacial score (nSPS) is 15.7. The average Bonchev–Trinajstić information content (AvgIpc) is 2.55. The largest absolute Gasteiger partial charge is 0.484 e. The molecule has 0 saturated carbocycles. The number of hydrogen-bond acceptors (Lipinski definition) is 4. The predicted molar refractivity (Wildman–Crippen MR) is 106 cm³/mol. The van der Waals surface area contributed by atoms with Gasteiger partial charge in [0.05, 0.1) is 27.8 Å². The molecule has 144 valence electrons. The number of benzene rings is 2. The average molecular weight is 429 g/mol. The van der Waals surface area contributed by atoms with Gasteiger partial charge in [-0.15, -0.1) is 0 Å². The first-order chi connectivity index (χ1) is 12.5. The number of anilines is 2. The van der Waals surface area contributed by atoms with Crippen molar-refractivity contribution in [2.75, 3.05) is 16.2 Å². The Balaban J connectivity index is 2.02. The number of sulfonamides is 1. The zero-order chi connectivity index (χ0) is 20.0. The van der Waals surface area contributed by atoms with E-state index in [4.69, 9.17) is 27.9 Å². The third-order valence-electron chi connectivity index (χ3n) is 4.01. The number of hydrogen-bond donors (Lipinski definition) is 1. The van der Waals surface area contributed by atoms with Crippen molar-refractivity contribution in [1.82, 2.24) is 0 Å². The molecule has 0 aliphatic carbocycles. The van der Waals surface area contributed by atoms with Crippen LogP contribution in [0.1, 0.15) is 20.8 Å². The van der Waals surface area contributed by atoms with Gasteiger partial charge in [-0.1, -0.05) is 23.2 Å². The van der Waals surface area contributed by atoms with E-state index in [9.17, 15) is 13.2 Å². The van der Waals surface area contributed by atoms with Gasteiger partial charge in [0.25, 0.3) is 10.0 Å². The van der Waals surface area contributed by atoms with Gasteiger partial charge in [0.2, 0.25) is 5.91 Å². The lowest BCUT2D eigenvalue weighted by molar-refractivity contribution is -0.117. The zero-order valence-electron chi connectivity index (χ0n) is 14.9. The molecule has 1 amide bonds. The van der Waals surface area contributed by atoms with Gasteiger partial charge in [-0.2, -0.15) is 0 Å². The number of rotatable bonds is 3. The van der Waals surface area contributed by atoms with Crippen LogP contribution >= 0.6 is 23.2 Å². The molecule has 6 nitrogen and oxygen atoms in total. The lowest BCUT2D eigenvalue weighted by atomic mass is 10.1. The van der Waals surface area contributed by atoms with Gasteiger partial charge in [-0.25, -0.2) is 8.42 Å². The van der Waals surface area contributed by atoms with Gasteiger partial charge in [0, 0.05) is 11.9 Å². The van der Waals surface area contributed by atoms with Crippen molar-refractivity contribution in [3.05, 3.63) is 46.4 Å². The molecule has 9 heteroatoms. The van der Waals surface area contributed by atoms with Gasteiger partial charge in [0.15, 0.2) is 0 Å². The second kappa shape index (κ2) is 6.89. The lowest BCUT2D eigenvalue weighted by Crippen LogP contribution is -2.48.